The number of carbonyl (C=O) groups excluding carboxylic acids is 1. The highest BCUT2D eigenvalue weighted by Gasteiger charge is 2.19. The Balaban J connectivity index is 2.12. The maximum absolute atomic E-state index is 11.9. The number of hydrogen-bond donors (Lipinski definition) is 0. The molecule has 0 bridgehead atoms. The summed E-state index contributed by atoms with van der Waals surface area (Å²) >= 11 is 25.1. The number of halogens is 4. The molecular weight excluding hydrogens is 404 g/mol. The summed E-state index contributed by atoms with van der Waals surface area (Å²) in [6.45, 7) is 0. The largest absolute Gasteiger partial charge is 0.465 e. The third-order valence-corrected chi connectivity index (χ3v) is 5.44. The van der Waals surface area contributed by atoms with E-state index < -0.39 is 5.97 Å². The molecule has 0 radical (unpaired) electrons. The Kier molecular flexibility index (Phi) is 5.21. The summed E-state index contributed by atoms with van der Waals surface area (Å²) < 4.78 is 6.74. The van der Waals surface area contributed by atoms with Crippen molar-refractivity contribution in [3.05, 3.63) is 67.2 Å². The van der Waals surface area contributed by atoms with Crippen LogP contribution in [0.15, 0.2) is 30.3 Å². The first-order valence-corrected chi connectivity index (χ1v) is 8.83. The van der Waals surface area contributed by atoms with Gasteiger partial charge in [-0.15, -0.1) is 0 Å². The maximum atomic E-state index is 11.9. The number of hydrogen-bond acceptors (Lipinski definition) is 2. The number of rotatable bonds is 3. The van der Waals surface area contributed by atoms with Crippen LogP contribution in [-0.4, -0.2) is 17.6 Å². The third kappa shape index (κ3) is 3.34. The van der Waals surface area contributed by atoms with Gasteiger partial charge in [0.15, 0.2) is 0 Å². The van der Waals surface area contributed by atoms with Crippen molar-refractivity contribution in [1.29, 1.82) is 0 Å². The van der Waals surface area contributed by atoms with Gasteiger partial charge in [0.1, 0.15) is 0 Å². The van der Waals surface area contributed by atoms with Gasteiger partial charge in [-0.2, -0.15) is 0 Å². The van der Waals surface area contributed by atoms with Crippen LogP contribution in [0.25, 0.3) is 10.9 Å². The van der Waals surface area contributed by atoms with Crippen LogP contribution in [0.4, 0.5) is 0 Å². The Hall–Kier alpha value is -1.39. The standard InChI is InChI=1S/C18H13Cl4NO2/c1-23-10(7-12-15(21)5-9(19)6-16(12)23)8-13-14(20)4-3-11(17(13)22)18(24)25-2/h3-7H,8H2,1-2H3. The van der Waals surface area contributed by atoms with Crippen molar-refractivity contribution in [2.45, 2.75) is 6.42 Å². The predicted octanol–water partition coefficient (Wildman–Crippen LogP) is 6.17. The van der Waals surface area contributed by atoms with Gasteiger partial charge in [-0.3, -0.25) is 0 Å². The van der Waals surface area contributed by atoms with Gasteiger partial charge in [0.25, 0.3) is 0 Å². The van der Waals surface area contributed by atoms with E-state index in [0.29, 0.717) is 27.1 Å². The number of benzene rings is 2. The van der Waals surface area contributed by atoms with Crippen molar-refractivity contribution in [2.24, 2.45) is 7.05 Å². The summed E-state index contributed by atoms with van der Waals surface area (Å²) in [5.74, 6) is -0.505. The van der Waals surface area contributed by atoms with Gasteiger partial charge in [-0.1, -0.05) is 46.4 Å². The van der Waals surface area contributed by atoms with Crippen molar-refractivity contribution in [3.63, 3.8) is 0 Å². The van der Waals surface area contributed by atoms with E-state index in [0.717, 1.165) is 16.6 Å². The number of esters is 1. The highest BCUT2D eigenvalue weighted by Crippen LogP contribution is 2.34. The third-order valence-electron chi connectivity index (χ3n) is 4.12. The van der Waals surface area contributed by atoms with Gasteiger partial charge in [0.05, 0.1) is 28.2 Å². The lowest BCUT2D eigenvalue weighted by Crippen LogP contribution is -2.05. The summed E-state index contributed by atoms with van der Waals surface area (Å²) in [5.41, 5.74) is 2.77. The zero-order valence-corrected chi connectivity index (χ0v) is 16.4. The first-order valence-electron chi connectivity index (χ1n) is 7.32. The minimum absolute atomic E-state index is 0.281. The molecular formula is C18H13Cl4NO2. The first-order chi connectivity index (χ1) is 11.8. The van der Waals surface area contributed by atoms with Crippen LogP contribution >= 0.6 is 46.4 Å². The molecule has 7 heteroatoms. The molecule has 0 saturated heterocycles. The molecule has 0 saturated carbocycles. The number of aromatic nitrogens is 1. The van der Waals surface area contributed by atoms with E-state index in [4.69, 9.17) is 51.1 Å². The molecule has 0 atom stereocenters. The molecule has 0 amide bonds. The van der Waals surface area contributed by atoms with Gasteiger partial charge in [-0.25, -0.2) is 4.79 Å². The Labute approximate surface area is 165 Å². The molecule has 0 fully saturated rings. The smallest absolute Gasteiger partial charge is 0.339 e. The van der Waals surface area contributed by atoms with Gasteiger partial charge in [0, 0.05) is 34.6 Å². The van der Waals surface area contributed by atoms with E-state index >= 15 is 0 Å². The van der Waals surface area contributed by atoms with Crippen LogP contribution in [0.2, 0.25) is 20.1 Å². The lowest BCUT2D eigenvalue weighted by molar-refractivity contribution is 0.0601. The highest BCUT2D eigenvalue weighted by atomic mass is 35.5. The van der Waals surface area contributed by atoms with Crippen molar-refractivity contribution in [2.75, 3.05) is 7.11 Å². The SMILES string of the molecule is COC(=O)c1ccc(Cl)c(Cc2cc3c(Cl)cc(Cl)cc3n2C)c1Cl. The van der Waals surface area contributed by atoms with Crippen LogP contribution in [0.5, 0.6) is 0 Å². The molecule has 0 spiro atoms. The molecule has 3 rings (SSSR count). The zero-order chi connectivity index (χ0) is 18.3. The van der Waals surface area contributed by atoms with E-state index in [1.165, 1.54) is 7.11 Å². The molecule has 0 N–H and O–H groups in total. The quantitative estimate of drug-likeness (QED) is 0.478. The molecule has 130 valence electrons. The fourth-order valence-corrected chi connectivity index (χ4v) is 3.91. The minimum atomic E-state index is -0.505. The average molecular weight is 417 g/mol. The second-order valence-electron chi connectivity index (χ2n) is 5.57. The normalized spacial score (nSPS) is 11.1. The number of carbonyl (C=O) groups is 1. The fourth-order valence-electron chi connectivity index (χ4n) is 2.79. The summed E-state index contributed by atoms with van der Waals surface area (Å²) in [6, 6.07) is 8.71. The topological polar surface area (TPSA) is 31.2 Å². The molecule has 0 aliphatic rings. The van der Waals surface area contributed by atoms with Gasteiger partial charge in [0.2, 0.25) is 0 Å². The highest BCUT2D eigenvalue weighted by molar-refractivity contribution is 6.39. The Morgan fingerprint density at radius 2 is 1.80 bits per heavy atom. The molecule has 1 heterocycles. The second-order valence-corrected chi connectivity index (χ2v) is 7.20. The van der Waals surface area contributed by atoms with Crippen LogP contribution in [0.1, 0.15) is 21.6 Å². The molecule has 3 aromatic rings. The Bertz CT molecular complexity index is 995. The monoisotopic (exact) mass is 415 g/mol. The van der Waals surface area contributed by atoms with Gasteiger partial charge < -0.3 is 9.30 Å². The molecule has 25 heavy (non-hydrogen) atoms. The number of ether oxygens (including phenoxy) is 1. The van der Waals surface area contributed by atoms with E-state index in [2.05, 4.69) is 0 Å². The number of methoxy groups -OCH3 is 1. The molecule has 2 aromatic carbocycles. The van der Waals surface area contributed by atoms with E-state index in [1.807, 2.05) is 23.7 Å². The fraction of sp³-hybridized carbons (Fsp3) is 0.167. The van der Waals surface area contributed by atoms with Crippen molar-refractivity contribution >= 4 is 63.3 Å². The van der Waals surface area contributed by atoms with E-state index in [1.54, 1.807) is 18.2 Å². The van der Waals surface area contributed by atoms with Crippen LogP contribution in [-0.2, 0) is 18.2 Å². The van der Waals surface area contributed by atoms with E-state index in [-0.39, 0.29) is 10.6 Å². The summed E-state index contributed by atoms with van der Waals surface area (Å²) in [6.07, 6.45) is 0.432. The molecule has 0 aliphatic carbocycles. The van der Waals surface area contributed by atoms with Crippen LogP contribution in [0.3, 0.4) is 0 Å². The van der Waals surface area contributed by atoms with Gasteiger partial charge >= 0.3 is 5.97 Å². The van der Waals surface area contributed by atoms with Crippen molar-refractivity contribution < 1.29 is 9.53 Å². The van der Waals surface area contributed by atoms with Crippen LogP contribution < -0.4 is 0 Å². The van der Waals surface area contributed by atoms with Crippen LogP contribution in [0, 0.1) is 0 Å². The summed E-state index contributed by atoms with van der Waals surface area (Å²) in [5, 5.41) is 2.79. The van der Waals surface area contributed by atoms with Crippen molar-refractivity contribution in [3.8, 4) is 0 Å². The number of nitrogens with zero attached hydrogens (tertiary/aromatic N) is 1. The Morgan fingerprint density at radius 3 is 2.48 bits per heavy atom. The predicted molar refractivity (Wildman–Crippen MR) is 104 cm³/mol. The molecule has 0 aliphatic heterocycles. The van der Waals surface area contributed by atoms with E-state index in [9.17, 15) is 4.79 Å². The molecule has 1 aromatic heterocycles. The lowest BCUT2D eigenvalue weighted by atomic mass is 10.1. The summed E-state index contributed by atoms with van der Waals surface area (Å²) in [7, 11) is 3.22. The molecule has 3 nitrogen and oxygen atoms in total. The lowest BCUT2D eigenvalue weighted by Gasteiger charge is -2.11. The van der Waals surface area contributed by atoms with Gasteiger partial charge in [-0.05, 0) is 35.9 Å². The zero-order valence-electron chi connectivity index (χ0n) is 13.4. The molecule has 0 unspecified atom stereocenters. The first kappa shape index (κ1) is 18.4. The number of aryl methyl sites for hydroxylation is 1. The maximum Gasteiger partial charge on any atom is 0.339 e. The minimum Gasteiger partial charge on any atom is -0.465 e. The van der Waals surface area contributed by atoms with Crippen molar-refractivity contribution in [1.82, 2.24) is 4.57 Å². The number of fused-ring (bicyclic) bond motifs is 1. The summed E-state index contributed by atoms with van der Waals surface area (Å²) in [4.78, 5) is 11.9. The second kappa shape index (κ2) is 7.08. The Morgan fingerprint density at radius 1 is 1.08 bits per heavy atom. The average Bonchev–Trinajstić information content (AvgIpc) is 2.88.